The molecule has 0 unspecified atom stereocenters. The van der Waals surface area contributed by atoms with Crippen molar-refractivity contribution in [3.63, 3.8) is 0 Å². The van der Waals surface area contributed by atoms with Gasteiger partial charge in [-0.1, -0.05) is 60.1 Å². The number of aryl methyl sites for hydroxylation is 1. The van der Waals surface area contributed by atoms with E-state index in [9.17, 15) is 0 Å². The fourth-order valence-corrected chi connectivity index (χ4v) is 2.53. The lowest BCUT2D eigenvalue weighted by atomic mass is 10.2. The first-order valence-electron chi connectivity index (χ1n) is 7.79. The van der Waals surface area contributed by atoms with Crippen molar-refractivity contribution in [1.82, 2.24) is 0 Å². The van der Waals surface area contributed by atoms with Crippen LogP contribution in [0.3, 0.4) is 0 Å². The van der Waals surface area contributed by atoms with E-state index >= 15 is 0 Å². The third kappa shape index (κ3) is 4.03. The molecule has 0 bridgehead atoms. The van der Waals surface area contributed by atoms with E-state index < -0.39 is 0 Å². The van der Waals surface area contributed by atoms with Gasteiger partial charge in [0.1, 0.15) is 12.4 Å². The van der Waals surface area contributed by atoms with Gasteiger partial charge in [0.15, 0.2) is 0 Å². The quantitative estimate of drug-likeness (QED) is 0.526. The van der Waals surface area contributed by atoms with Crippen molar-refractivity contribution in [1.29, 1.82) is 0 Å². The smallest absolute Gasteiger partial charge is 0.128 e. The van der Waals surface area contributed by atoms with Crippen LogP contribution in [0.4, 0.5) is 5.69 Å². The third-order valence-corrected chi connectivity index (χ3v) is 4.09. The summed E-state index contributed by atoms with van der Waals surface area (Å²) in [5.41, 5.74) is 4.00. The van der Waals surface area contributed by atoms with Gasteiger partial charge in [0, 0.05) is 22.4 Å². The second-order valence-corrected chi connectivity index (χ2v) is 5.87. The lowest BCUT2D eigenvalue weighted by Gasteiger charge is -2.10. The molecule has 3 rings (SSSR count). The van der Waals surface area contributed by atoms with Crippen molar-refractivity contribution in [2.45, 2.75) is 13.5 Å². The predicted molar refractivity (Wildman–Crippen MR) is 101 cm³/mol. The molecule has 0 aromatic heterocycles. The van der Waals surface area contributed by atoms with Crippen LogP contribution in [-0.4, -0.2) is 6.21 Å². The number of benzene rings is 3. The minimum absolute atomic E-state index is 0.425. The highest BCUT2D eigenvalue weighted by molar-refractivity contribution is 6.31. The maximum Gasteiger partial charge on any atom is 0.128 e. The molecular weight excluding hydrogens is 318 g/mol. The van der Waals surface area contributed by atoms with Gasteiger partial charge in [-0.2, -0.15) is 0 Å². The Morgan fingerprint density at radius 1 is 0.917 bits per heavy atom. The molecule has 24 heavy (non-hydrogen) atoms. The van der Waals surface area contributed by atoms with Gasteiger partial charge in [-0.25, -0.2) is 0 Å². The zero-order valence-corrected chi connectivity index (χ0v) is 14.2. The lowest BCUT2D eigenvalue weighted by Crippen LogP contribution is -1.98. The van der Waals surface area contributed by atoms with Crippen molar-refractivity contribution in [2.75, 3.05) is 0 Å². The van der Waals surface area contributed by atoms with Gasteiger partial charge >= 0.3 is 0 Å². The number of rotatable bonds is 5. The van der Waals surface area contributed by atoms with E-state index in [1.54, 1.807) is 0 Å². The molecule has 0 spiro atoms. The highest BCUT2D eigenvalue weighted by Crippen LogP contribution is 2.22. The van der Waals surface area contributed by atoms with E-state index in [2.05, 4.69) is 4.99 Å². The monoisotopic (exact) mass is 335 g/mol. The summed E-state index contributed by atoms with van der Waals surface area (Å²) >= 11 is 6.18. The van der Waals surface area contributed by atoms with Crippen LogP contribution in [0, 0.1) is 6.92 Å². The van der Waals surface area contributed by atoms with E-state index in [-0.39, 0.29) is 0 Å². The summed E-state index contributed by atoms with van der Waals surface area (Å²) in [7, 11) is 0. The van der Waals surface area contributed by atoms with E-state index in [4.69, 9.17) is 16.3 Å². The van der Waals surface area contributed by atoms with E-state index in [0.29, 0.717) is 11.6 Å². The maximum atomic E-state index is 6.18. The highest BCUT2D eigenvalue weighted by atomic mass is 35.5. The summed E-state index contributed by atoms with van der Waals surface area (Å²) in [5, 5.41) is 0.712. The second-order valence-electron chi connectivity index (χ2n) is 5.46. The van der Waals surface area contributed by atoms with Crippen LogP contribution in [0.2, 0.25) is 5.02 Å². The molecule has 0 N–H and O–H groups in total. The predicted octanol–water partition coefficient (Wildman–Crippen LogP) is 5.98. The van der Waals surface area contributed by atoms with Crippen molar-refractivity contribution in [3.8, 4) is 5.75 Å². The first-order valence-corrected chi connectivity index (χ1v) is 8.17. The fourth-order valence-electron chi connectivity index (χ4n) is 2.34. The zero-order valence-electron chi connectivity index (χ0n) is 13.4. The van der Waals surface area contributed by atoms with Crippen molar-refractivity contribution >= 4 is 23.5 Å². The molecule has 3 aromatic carbocycles. The van der Waals surface area contributed by atoms with Gasteiger partial charge in [0.05, 0.1) is 5.69 Å². The van der Waals surface area contributed by atoms with E-state index in [1.165, 1.54) is 0 Å². The molecule has 0 amide bonds. The van der Waals surface area contributed by atoms with Gasteiger partial charge < -0.3 is 4.74 Å². The number of halogens is 1. The molecular formula is C21H18ClNO. The van der Waals surface area contributed by atoms with E-state index in [0.717, 1.165) is 28.1 Å². The van der Waals surface area contributed by atoms with Crippen LogP contribution in [0.5, 0.6) is 5.75 Å². The Morgan fingerprint density at radius 3 is 2.46 bits per heavy atom. The van der Waals surface area contributed by atoms with Crippen LogP contribution in [-0.2, 0) is 6.61 Å². The van der Waals surface area contributed by atoms with Crippen molar-refractivity contribution in [2.24, 2.45) is 4.99 Å². The average molecular weight is 336 g/mol. The minimum Gasteiger partial charge on any atom is -0.488 e. The van der Waals surface area contributed by atoms with Gasteiger partial charge in [0.2, 0.25) is 0 Å². The van der Waals surface area contributed by atoms with Crippen LogP contribution in [0.1, 0.15) is 16.7 Å². The average Bonchev–Trinajstić information content (AvgIpc) is 2.61. The Morgan fingerprint density at radius 2 is 1.62 bits per heavy atom. The summed E-state index contributed by atoms with van der Waals surface area (Å²) in [6, 6.07) is 23.6. The van der Waals surface area contributed by atoms with Gasteiger partial charge in [-0.3, -0.25) is 4.99 Å². The molecule has 0 atom stereocenters. The Balaban J connectivity index is 1.78. The van der Waals surface area contributed by atoms with Crippen LogP contribution < -0.4 is 4.74 Å². The van der Waals surface area contributed by atoms with Gasteiger partial charge in [-0.05, 0) is 36.8 Å². The first kappa shape index (κ1) is 16.3. The molecule has 0 heterocycles. The third-order valence-electron chi connectivity index (χ3n) is 3.72. The molecule has 0 aliphatic carbocycles. The fraction of sp³-hybridized carbons (Fsp3) is 0.0952. The largest absolute Gasteiger partial charge is 0.488 e. The number of ether oxygens (including phenoxy) is 1. The molecule has 0 fully saturated rings. The summed E-state index contributed by atoms with van der Waals surface area (Å²) in [6.07, 6.45) is 1.84. The second kappa shape index (κ2) is 7.80. The highest BCUT2D eigenvalue weighted by Gasteiger charge is 2.04. The molecule has 0 saturated carbocycles. The number of hydrogen-bond donors (Lipinski definition) is 0. The molecule has 3 heteroatoms. The van der Waals surface area contributed by atoms with Crippen LogP contribution >= 0.6 is 11.6 Å². The minimum atomic E-state index is 0.425. The lowest BCUT2D eigenvalue weighted by molar-refractivity contribution is 0.306. The number of aliphatic imine (C=N–C) groups is 1. The molecule has 0 aliphatic rings. The summed E-state index contributed by atoms with van der Waals surface area (Å²) < 4.78 is 5.95. The molecule has 0 saturated heterocycles. The van der Waals surface area contributed by atoms with Crippen LogP contribution in [0.15, 0.2) is 77.8 Å². The summed E-state index contributed by atoms with van der Waals surface area (Å²) in [5.74, 6) is 0.787. The van der Waals surface area contributed by atoms with Crippen molar-refractivity contribution in [3.05, 3.63) is 94.5 Å². The number of hydrogen-bond acceptors (Lipinski definition) is 2. The molecule has 0 radical (unpaired) electrons. The van der Waals surface area contributed by atoms with Crippen molar-refractivity contribution < 1.29 is 4.74 Å². The Hall–Kier alpha value is -2.58. The van der Waals surface area contributed by atoms with Gasteiger partial charge in [-0.15, -0.1) is 0 Å². The summed E-state index contributed by atoms with van der Waals surface area (Å²) in [6.45, 7) is 2.47. The Bertz CT molecular complexity index is 858. The normalized spacial score (nSPS) is 10.9. The molecule has 2 nitrogen and oxygen atoms in total. The van der Waals surface area contributed by atoms with Gasteiger partial charge in [0.25, 0.3) is 0 Å². The maximum absolute atomic E-state index is 6.18. The zero-order chi connectivity index (χ0) is 16.8. The van der Waals surface area contributed by atoms with Crippen LogP contribution in [0.25, 0.3) is 0 Å². The standard InChI is InChI=1S/C21H18ClNO/c1-16-8-2-6-12-20(16)23-14-17-9-4-7-13-21(17)24-15-18-10-3-5-11-19(18)22/h2-14H,15H2,1H3. The SMILES string of the molecule is Cc1ccccc1N=Cc1ccccc1OCc1ccccc1Cl. The molecule has 0 aliphatic heterocycles. The number of para-hydroxylation sites is 2. The topological polar surface area (TPSA) is 21.6 Å². The summed E-state index contributed by atoms with van der Waals surface area (Å²) in [4.78, 5) is 4.58. The Labute approximate surface area is 147 Å². The molecule has 3 aromatic rings. The number of nitrogens with zero attached hydrogens (tertiary/aromatic N) is 1. The van der Waals surface area contributed by atoms with E-state index in [1.807, 2.05) is 85.9 Å². The molecule has 120 valence electrons. The first-order chi connectivity index (χ1) is 11.7. The Kier molecular flexibility index (Phi) is 5.29.